The van der Waals surface area contributed by atoms with Gasteiger partial charge in [0.2, 0.25) is 10.0 Å². The molecule has 0 radical (unpaired) electrons. The molecule has 1 aliphatic carbocycles. The molecule has 39 heavy (non-hydrogen) atoms. The SMILES string of the molecule is Cl.O=S(=O)(NCCOc1ccc2c(c1)C(C1(c3ccc(Cl)cc3)CCC1)NCC2)c1ccc(-c2ccon2)s1. The molecule has 206 valence electrons. The maximum absolute atomic E-state index is 12.7. The molecule has 0 saturated heterocycles. The Hall–Kier alpha value is -2.40. The fourth-order valence-corrected chi connectivity index (χ4v) is 8.01. The first-order chi connectivity index (χ1) is 18.4. The fourth-order valence-electron chi connectivity index (χ4n) is 5.55. The molecular formula is C28H29Cl2N3O4S2. The molecule has 6 rings (SSSR count). The lowest BCUT2D eigenvalue weighted by molar-refractivity contribution is 0.164. The summed E-state index contributed by atoms with van der Waals surface area (Å²) >= 11 is 7.32. The number of aromatic nitrogens is 1. The van der Waals surface area contributed by atoms with Crippen molar-refractivity contribution in [3.8, 4) is 16.3 Å². The van der Waals surface area contributed by atoms with Crippen molar-refractivity contribution in [1.29, 1.82) is 0 Å². The molecule has 7 nitrogen and oxygen atoms in total. The first-order valence-electron chi connectivity index (χ1n) is 12.7. The van der Waals surface area contributed by atoms with Gasteiger partial charge >= 0.3 is 0 Å². The lowest BCUT2D eigenvalue weighted by Gasteiger charge is -2.50. The van der Waals surface area contributed by atoms with Gasteiger partial charge in [-0.1, -0.05) is 41.4 Å². The van der Waals surface area contributed by atoms with Crippen molar-refractivity contribution in [2.45, 2.75) is 41.3 Å². The van der Waals surface area contributed by atoms with Crippen molar-refractivity contribution in [2.24, 2.45) is 0 Å². The lowest BCUT2D eigenvalue weighted by Crippen LogP contribution is -2.49. The van der Waals surface area contributed by atoms with Crippen LogP contribution >= 0.6 is 35.3 Å². The van der Waals surface area contributed by atoms with Gasteiger partial charge in [0.15, 0.2) is 0 Å². The minimum absolute atomic E-state index is 0. The van der Waals surface area contributed by atoms with E-state index in [0.717, 1.165) is 52.8 Å². The largest absolute Gasteiger partial charge is 0.492 e. The van der Waals surface area contributed by atoms with Crippen molar-refractivity contribution in [3.05, 3.63) is 88.6 Å². The quantitative estimate of drug-likeness (QED) is 0.222. The van der Waals surface area contributed by atoms with E-state index in [1.54, 1.807) is 18.2 Å². The summed E-state index contributed by atoms with van der Waals surface area (Å²) in [6.45, 7) is 1.32. The van der Waals surface area contributed by atoms with Gasteiger partial charge in [0.25, 0.3) is 0 Å². The molecule has 1 saturated carbocycles. The Morgan fingerprint density at radius 3 is 2.67 bits per heavy atom. The smallest absolute Gasteiger partial charge is 0.250 e. The van der Waals surface area contributed by atoms with Crippen LogP contribution in [-0.2, 0) is 21.9 Å². The number of rotatable bonds is 9. The predicted octanol–water partition coefficient (Wildman–Crippen LogP) is 6.14. The first kappa shape index (κ1) is 28.1. The molecule has 1 atom stereocenters. The average molecular weight is 607 g/mol. The van der Waals surface area contributed by atoms with Gasteiger partial charge < -0.3 is 14.6 Å². The van der Waals surface area contributed by atoms with Crippen LogP contribution in [0.15, 0.2) is 75.7 Å². The van der Waals surface area contributed by atoms with Crippen molar-refractivity contribution in [3.63, 3.8) is 0 Å². The maximum atomic E-state index is 12.7. The minimum Gasteiger partial charge on any atom is -0.492 e. The number of hydrogen-bond acceptors (Lipinski definition) is 7. The normalized spacial score (nSPS) is 18.0. The van der Waals surface area contributed by atoms with Gasteiger partial charge in [-0.25, -0.2) is 13.1 Å². The molecule has 2 aliphatic rings. The molecule has 4 aromatic rings. The van der Waals surface area contributed by atoms with Gasteiger partial charge in [-0.2, -0.15) is 0 Å². The van der Waals surface area contributed by atoms with Crippen LogP contribution in [0, 0.1) is 0 Å². The number of nitrogens with zero attached hydrogens (tertiary/aromatic N) is 1. The Bertz CT molecular complexity index is 1520. The van der Waals surface area contributed by atoms with Crippen LogP contribution in [0.1, 0.15) is 42.0 Å². The Morgan fingerprint density at radius 2 is 1.95 bits per heavy atom. The summed E-state index contributed by atoms with van der Waals surface area (Å²) < 4.78 is 39.2. The van der Waals surface area contributed by atoms with E-state index in [1.165, 1.54) is 29.4 Å². The van der Waals surface area contributed by atoms with Crippen LogP contribution in [0.5, 0.6) is 5.75 Å². The van der Waals surface area contributed by atoms with Gasteiger partial charge in [-0.3, -0.25) is 0 Å². The van der Waals surface area contributed by atoms with E-state index in [1.807, 2.05) is 18.2 Å². The Kier molecular flexibility index (Phi) is 8.37. The minimum atomic E-state index is -3.65. The second kappa shape index (κ2) is 11.6. The molecule has 1 aliphatic heterocycles. The zero-order valence-electron chi connectivity index (χ0n) is 21.1. The highest BCUT2D eigenvalue weighted by Crippen LogP contribution is 2.53. The van der Waals surface area contributed by atoms with Crippen LogP contribution in [0.25, 0.3) is 10.6 Å². The highest BCUT2D eigenvalue weighted by molar-refractivity contribution is 7.91. The van der Waals surface area contributed by atoms with E-state index < -0.39 is 10.0 Å². The van der Waals surface area contributed by atoms with Crippen LogP contribution in [0.2, 0.25) is 5.02 Å². The summed E-state index contributed by atoms with van der Waals surface area (Å²) in [5.41, 5.74) is 4.57. The fraction of sp³-hybridized carbons (Fsp3) is 0.321. The van der Waals surface area contributed by atoms with E-state index >= 15 is 0 Å². The third-order valence-corrected chi connectivity index (χ3v) is 10.9. The molecule has 2 aromatic carbocycles. The average Bonchev–Trinajstić information content (AvgIpc) is 3.60. The summed E-state index contributed by atoms with van der Waals surface area (Å²) in [5, 5.41) is 8.40. The second-order valence-corrected chi connectivity index (χ2v) is 13.3. The van der Waals surface area contributed by atoms with Crippen molar-refractivity contribution < 1.29 is 17.7 Å². The molecule has 0 amide bonds. The number of halogens is 2. The first-order valence-corrected chi connectivity index (χ1v) is 15.4. The Morgan fingerprint density at radius 1 is 1.13 bits per heavy atom. The molecule has 3 heterocycles. The number of hydrogen-bond donors (Lipinski definition) is 2. The van der Waals surface area contributed by atoms with Crippen LogP contribution in [0.3, 0.4) is 0 Å². The van der Waals surface area contributed by atoms with Gasteiger partial charge in [-0.05, 0) is 78.9 Å². The Balaban J connectivity index is 0.00000308. The molecule has 0 bridgehead atoms. The van der Waals surface area contributed by atoms with Crippen LogP contribution in [0.4, 0.5) is 0 Å². The van der Waals surface area contributed by atoms with E-state index in [0.29, 0.717) is 5.69 Å². The third-order valence-electron chi connectivity index (χ3n) is 7.59. The van der Waals surface area contributed by atoms with Gasteiger partial charge in [0.05, 0.1) is 4.88 Å². The molecule has 1 fully saturated rings. The van der Waals surface area contributed by atoms with Crippen molar-refractivity contribution >= 4 is 45.4 Å². The highest BCUT2D eigenvalue weighted by atomic mass is 35.5. The van der Waals surface area contributed by atoms with Gasteiger partial charge in [-0.15, -0.1) is 23.7 Å². The highest BCUT2D eigenvalue weighted by Gasteiger charge is 2.47. The monoisotopic (exact) mass is 605 g/mol. The number of thiophene rings is 1. The number of sulfonamides is 1. The number of benzene rings is 2. The zero-order chi connectivity index (χ0) is 26.2. The van der Waals surface area contributed by atoms with E-state index in [4.69, 9.17) is 20.9 Å². The number of ether oxygens (including phenoxy) is 1. The lowest BCUT2D eigenvalue weighted by atomic mass is 9.58. The second-order valence-electron chi connectivity index (χ2n) is 9.76. The van der Waals surface area contributed by atoms with E-state index in [2.05, 4.69) is 39.5 Å². The summed E-state index contributed by atoms with van der Waals surface area (Å²) in [7, 11) is -3.65. The molecule has 1 unspecified atom stereocenters. The standard InChI is InChI=1S/C28H28ClN3O4S2.ClH/c29-21-5-3-20(4-6-21)28(12-1-13-28)27-23-18-22(7-2-19(23)10-14-30-27)35-17-15-31-38(33,34)26-9-8-25(37-26)24-11-16-36-32-24;/h2-9,11,16,18,27,30-31H,1,10,12-15,17H2;1H. The summed E-state index contributed by atoms with van der Waals surface area (Å²) in [4.78, 5) is 0.732. The number of fused-ring (bicyclic) bond motifs is 1. The summed E-state index contributed by atoms with van der Waals surface area (Å²) in [6, 6.07) is 19.7. The topological polar surface area (TPSA) is 93.5 Å². The van der Waals surface area contributed by atoms with Crippen LogP contribution < -0.4 is 14.8 Å². The summed E-state index contributed by atoms with van der Waals surface area (Å²) in [5.74, 6) is 0.742. The molecule has 0 spiro atoms. The van der Waals surface area contributed by atoms with Crippen molar-refractivity contribution in [2.75, 3.05) is 19.7 Å². The van der Waals surface area contributed by atoms with Gasteiger partial charge in [0, 0.05) is 29.1 Å². The predicted molar refractivity (Wildman–Crippen MR) is 156 cm³/mol. The molecule has 2 aromatic heterocycles. The molecule has 2 N–H and O–H groups in total. The zero-order valence-corrected chi connectivity index (χ0v) is 24.3. The number of nitrogens with one attached hydrogen (secondary N) is 2. The molecule has 11 heteroatoms. The summed E-state index contributed by atoms with van der Waals surface area (Å²) in [6.07, 6.45) is 5.89. The Labute approximate surface area is 243 Å². The van der Waals surface area contributed by atoms with Crippen molar-refractivity contribution in [1.82, 2.24) is 15.2 Å². The van der Waals surface area contributed by atoms with E-state index in [-0.39, 0.29) is 41.2 Å². The van der Waals surface area contributed by atoms with Gasteiger partial charge in [0.1, 0.15) is 28.5 Å². The maximum Gasteiger partial charge on any atom is 0.250 e. The van der Waals surface area contributed by atoms with E-state index in [9.17, 15) is 8.42 Å². The molecular weight excluding hydrogens is 577 g/mol. The van der Waals surface area contributed by atoms with Crippen LogP contribution in [-0.4, -0.2) is 33.3 Å². The third kappa shape index (κ3) is 5.62.